The van der Waals surface area contributed by atoms with Crippen molar-refractivity contribution in [2.24, 2.45) is 12.8 Å². The molecule has 7 heteroatoms. The molecule has 0 saturated carbocycles. The Hall–Kier alpha value is -3.09. The molecule has 0 unspecified atom stereocenters. The predicted molar refractivity (Wildman–Crippen MR) is 83.3 cm³/mol. The molecule has 0 aliphatic rings. The zero-order valence-corrected chi connectivity index (χ0v) is 12.2. The van der Waals surface area contributed by atoms with Crippen LogP contribution >= 0.6 is 0 Å². The molecule has 3 aromatic rings. The SMILES string of the molecule is Cc1cc(OC(N)=O)ccc1-c1cn(C)c2ncnc(N)c12. The molecule has 1 amide bonds. The Balaban J connectivity index is 2.18. The quantitative estimate of drug-likeness (QED) is 0.751. The van der Waals surface area contributed by atoms with Gasteiger partial charge in [-0.05, 0) is 30.2 Å². The van der Waals surface area contributed by atoms with Crippen LogP contribution in [0, 0.1) is 6.92 Å². The Kier molecular flexibility index (Phi) is 3.17. The summed E-state index contributed by atoms with van der Waals surface area (Å²) in [6.45, 7) is 1.92. The zero-order chi connectivity index (χ0) is 15.9. The Morgan fingerprint density at radius 2 is 2.05 bits per heavy atom. The molecule has 2 aromatic heterocycles. The Bertz CT molecular complexity index is 885. The van der Waals surface area contributed by atoms with E-state index in [0.29, 0.717) is 11.6 Å². The lowest BCUT2D eigenvalue weighted by Crippen LogP contribution is -2.16. The predicted octanol–water partition coefficient (Wildman–Crippen LogP) is 1.98. The van der Waals surface area contributed by atoms with Crippen LogP contribution in [0.4, 0.5) is 10.6 Å². The fraction of sp³-hybridized carbons (Fsp3) is 0.133. The number of primary amides is 1. The van der Waals surface area contributed by atoms with E-state index >= 15 is 0 Å². The van der Waals surface area contributed by atoms with Gasteiger partial charge in [-0.1, -0.05) is 6.07 Å². The first-order valence-electron chi connectivity index (χ1n) is 6.61. The summed E-state index contributed by atoms with van der Waals surface area (Å²) in [7, 11) is 1.90. The van der Waals surface area contributed by atoms with Gasteiger partial charge in [0.1, 0.15) is 23.5 Å². The van der Waals surface area contributed by atoms with Gasteiger partial charge in [0.05, 0.1) is 5.39 Å². The van der Waals surface area contributed by atoms with Crippen LogP contribution in [0.15, 0.2) is 30.7 Å². The van der Waals surface area contributed by atoms with E-state index in [0.717, 1.165) is 27.7 Å². The van der Waals surface area contributed by atoms with Crippen LogP contribution < -0.4 is 16.2 Å². The average Bonchev–Trinajstić information content (AvgIpc) is 2.77. The number of hydrogen-bond acceptors (Lipinski definition) is 5. The summed E-state index contributed by atoms with van der Waals surface area (Å²) in [4.78, 5) is 19.1. The maximum Gasteiger partial charge on any atom is 0.409 e. The van der Waals surface area contributed by atoms with E-state index in [4.69, 9.17) is 16.2 Å². The van der Waals surface area contributed by atoms with Crippen LogP contribution in [0.25, 0.3) is 22.2 Å². The Labute approximate surface area is 126 Å². The molecule has 0 saturated heterocycles. The summed E-state index contributed by atoms with van der Waals surface area (Å²) < 4.78 is 6.79. The Morgan fingerprint density at radius 3 is 2.73 bits per heavy atom. The third-order valence-electron chi connectivity index (χ3n) is 3.49. The van der Waals surface area contributed by atoms with E-state index in [1.807, 2.05) is 30.8 Å². The summed E-state index contributed by atoms with van der Waals surface area (Å²) >= 11 is 0. The van der Waals surface area contributed by atoms with Gasteiger partial charge >= 0.3 is 6.09 Å². The lowest BCUT2D eigenvalue weighted by Gasteiger charge is -2.08. The average molecular weight is 297 g/mol. The third-order valence-corrected chi connectivity index (χ3v) is 3.49. The molecule has 4 N–H and O–H groups in total. The van der Waals surface area contributed by atoms with Crippen molar-refractivity contribution in [3.8, 4) is 16.9 Å². The molecule has 0 aliphatic carbocycles. The highest BCUT2D eigenvalue weighted by atomic mass is 16.5. The molecule has 7 nitrogen and oxygen atoms in total. The van der Waals surface area contributed by atoms with Gasteiger partial charge in [-0.25, -0.2) is 14.8 Å². The molecule has 1 aromatic carbocycles. The second-order valence-electron chi connectivity index (χ2n) is 5.01. The number of ether oxygens (including phenoxy) is 1. The maximum atomic E-state index is 10.8. The first-order valence-corrected chi connectivity index (χ1v) is 6.61. The summed E-state index contributed by atoms with van der Waals surface area (Å²) in [6, 6.07) is 5.29. The summed E-state index contributed by atoms with van der Waals surface area (Å²) in [5.41, 5.74) is 14.6. The van der Waals surface area contributed by atoms with E-state index in [1.54, 1.807) is 12.1 Å². The minimum Gasteiger partial charge on any atom is -0.410 e. The lowest BCUT2D eigenvalue weighted by atomic mass is 10.0. The second-order valence-corrected chi connectivity index (χ2v) is 5.01. The monoisotopic (exact) mass is 297 g/mol. The summed E-state index contributed by atoms with van der Waals surface area (Å²) in [5, 5.41) is 0.802. The number of anilines is 1. The molecular weight excluding hydrogens is 282 g/mol. The van der Waals surface area contributed by atoms with Gasteiger partial charge in [0.15, 0.2) is 0 Å². The van der Waals surface area contributed by atoms with Crippen LogP contribution in [-0.2, 0) is 7.05 Å². The standard InChI is InChI=1S/C15H15N5O2/c1-8-5-9(22-15(17)21)3-4-10(8)11-6-20(2)14-12(11)13(16)18-7-19-14/h3-7H,1-2H3,(H2,17,21)(H2,16,18,19). The number of nitrogens with two attached hydrogens (primary N) is 2. The third kappa shape index (κ3) is 2.22. The van der Waals surface area contributed by atoms with Crippen molar-refractivity contribution in [1.82, 2.24) is 14.5 Å². The largest absolute Gasteiger partial charge is 0.410 e. The van der Waals surface area contributed by atoms with Gasteiger partial charge < -0.3 is 20.8 Å². The Morgan fingerprint density at radius 1 is 1.27 bits per heavy atom. The van der Waals surface area contributed by atoms with Crippen molar-refractivity contribution in [3.05, 3.63) is 36.3 Å². The number of benzene rings is 1. The molecule has 0 aliphatic heterocycles. The van der Waals surface area contributed by atoms with Crippen LogP contribution in [0.3, 0.4) is 0 Å². The maximum absolute atomic E-state index is 10.8. The number of nitrogens with zero attached hydrogens (tertiary/aromatic N) is 3. The normalized spacial score (nSPS) is 10.8. The first kappa shape index (κ1) is 13.9. The lowest BCUT2D eigenvalue weighted by molar-refractivity contribution is 0.211. The van der Waals surface area contributed by atoms with Crippen molar-refractivity contribution in [2.45, 2.75) is 6.92 Å². The van der Waals surface area contributed by atoms with Gasteiger partial charge in [0.2, 0.25) is 0 Å². The molecule has 0 spiro atoms. The van der Waals surface area contributed by atoms with Crippen molar-refractivity contribution < 1.29 is 9.53 Å². The van der Waals surface area contributed by atoms with Crippen LogP contribution in [0.2, 0.25) is 0 Å². The topological polar surface area (TPSA) is 109 Å². The highest BCUT2D eigenvalue weighted by Gasteiger charge is 2.15. The van der Waals surface area contributed by atoms with E-state index < -0.39 is 6.09 Å². The minimum atomic E-state index is -0.838. The highest BCUT2D eigenvalue weighted by Crippen LogP contribution is 2.35. The number of rotatable bonds is 2. The van der Waals surface area contributed by atoms with E-state index in [9.17, 15) is 4.79 Å². The van der Waals surface area contributed by atoms with Crippen LogP contribution in [0.5, 0.6) is 5.75 Å². The van der Waals surface area contributed by atoms with E-state index in [-0.39, 0.29) is 0 Å². The number of carbonyl (C=O) groups excluding carboxylic acids is 1. The van der Waals surface area contributed by atoms with Crippen molar-refractivity contribution in [3.63, 3.8) is 0 Å². The number of amides is 1. The molecule has 22 heavy (non-hydrogen) atoms. The smallest absolute Gasteiger partial charge is 0.409 e. The second kappa shape index (κ2) is 5.03. The summed E-state index contributed by atoms with van der Waals surface area (Å²) in [5.74, 6) is 0.829. The molecular formula is C15H15N5O2. The number of nitrogen functional groups attached to an aromatic ring is 1. The van der Waals surface area contributed by atoms with Crippen LogP contribution in [0.1, 0.15) is 5.56 Å². The highest BCUT2D eigenvalue weighted by molar-refractivity contribution is 6.01. The summed E-state index contributed by atoms with van der Waals surface area (Å²) in [6.07, 6.45) is 2.56. The number of carbonyl (C=O) groups is 1. The van der Waals surface area contributed by atoms with Crippen molar-refractivity contribution in [1.29, 1.82) is 0 Å². The fourth-order valence-corrected chi connectivity index (χ4v) is 2.56. The van der Waals surface area contributed by atoms with Gasteiger partial charge in [-0.3, -0.25) is 0 Å². The molecule has 0 atom stereocenters. The number of hydrogen-bond donors (Lipinski definition) is 2. The number of fused-ring (bicyclic) bond motifs is 1. The van der Waals surface area contributed by atoms with E-state index in [2.05, 4.69) is 9.97 Å². The van der Waals surface area contributed by atoms with Crippen LogP contribution in [-0.4, -0.2) is 20.6 Å². The van der Waals surface area contributed by atoms with Gasteiger partial charge in [0, 0.05) is 18.8 Å². The number of aromatic nitrogens is 3. The fourth-order valence-electron chi connectivity index (χ4n) is 2.56. The zero-order valence-electron chi connectivity index (χ0n) is 12.2. The minimum absolute atomic E-state index is 0.401. The van der Waals surface area contributed by atoms with Crippen molar-refractivity contribution >= 4 is 22.9 Å². The van der Waals surface area contributed by atoms with Gasteiger partial charge in [0.25, 0.3) is 0 Å². The van der Waals surface area contributed by atoms with E-state index in [1.165, 1.54) is 6.33 Å². The molecule has 3 rings (SSSR count). The molecule has 0 radical (unpaired) electrons. The van der Waals surface area contributed by atoms with Gasteiger partial charge in [-0.15, -0.1) is 0 Å². The van der Waals surface area contributed by atoms with Crippen molar-refractivity contribution in [2.75, 3.05) is 5.73 Å². The molecule has 2 heterocycles. The molecule has 0 fully saturated rings. The number of aryl methyl sites for hydroxylation is 2. The molecule has 0 bridgehead atoms. The van der Waals surface area contributed by atoms with Gasteiger partial charge in [-0.2, -0.15) is 0 Å². The first-order chi connectivity index (χ1) is 10.5. The molecule has 112 valence electrons.